The Morgan fingerprint density at radius 3 is 2.76 bits per heavy atom. The van der Waals surface area contributed by atoms with Gasteiger partial charge in [-0.25, -0.2) is 9.37 Å². The van der Waals surface area contributed by atoms with Gasteiger partial charge in [0.1, 0.15) is 12.4 Å². The lowest BCUT2D eigenvalue weighted by atomic mass is 10.3. The van der Waals surface area contributed by atoms with Crippen LogP contribution in [0.1, 0.15) is 5.56 Å². The summed E-state index contributed by atoms with van der Waals surface area (Å²) in [6.45, 7) is 0.0276. The van der Waals surface area contributed by atoms with Gasteiger partial charge in [-0.1, -0.05) is 0 Å². The van der Waals surface area contributed by atoms with Gasteiger partial charge in [-0.15, -0.1) is 0 Å². The Kier molecular flexibility index (Phi) is 3.63. The Labute approximate surface area is 105 Å². The quantitative estimate of drug-likeness (QED) is 0.817. The monoisotopic (exact) mass is 300 g/mol. The maximum Gasteiger partial charge on any atom is 0.255 e. The van der Waals surface area contributed by atoms with Gasteiger partial charge >= 0.3 is 0 Å². The molecular weight excluding hydrogens is 294 g/mol. The molecule has 3 nitrogen and oxygen atoms in total. The van der Waals surface area contributed by atoms with Gasteiger partial charge < -0.3 is 4.74 Å². The van der Waals surface area contributed by atoms with E-state index in [-0.39, 0.29) is 12.4 Å². The lowest BCUT2D eigenvalue weighted by Crippen LogP contribution is -1.99. The van der Waals surface area contributed by atoms with Crippen LogP contribution in [0.15, 0.2) is 35.2 Å². The highest BCUT2D eigenvalue weighted by Gasteiger charge is 2.06. The van der Waals surface area contributed by atoms with E-state index in [0.29, 0.717) is 10.0 Å². The van der Waals surface area contributed by atoms with Crippen LogP contribution in [0.3, 0.4) is 0 Å². The second-order valence-electron chi connectivity index (χ2n) is 3.24. The van der Waals surface area contributed by atoms with E-state index in [1.54, 1.807) is 0 Å². The lowest BCUT2D eigenvalue weighted by Gasteiger charge is -2.06. The predicted molar refractivity (Wildman–Crippen MR) is 60.4 cm³/mol. The summed E-state index contributed by atoms with van der Waals surface area (Å²) in [5.74, 6) is -1.17. The average Bonchev–Trinajstić information content (AvgIpc) is 2.30. The fraction of sp³-hybridized carbons (Fsp3) is 0.0909. The molecule has 0 aromatic carbocycles. The second-order valence-corrected chi connectivity index (χ2v) is 4.16. The summed E-state index contributed by atoms with van der Waals surface area (Å²) < 4.78 is 31.8. The largest absolute Gasteiger partial charge is 0.484 e. The second kappa shape index (κ2) is 5.18. The molecule has 0 amide bonds. The van der Waals surface area contributed by atoms with E-state index in [9.17, 15) is 8.78 Å². The summed E-state index contributed by atoms with van der Waals surface area (Å²) in [4.78, 5) is 7.14. The van der Waals surface area contributed by atoms with E-state index in [4.69, 9.17) is 4.74 Å². The fourth-order valence-electron chi connectivity index (χ4n) is 1.20. The molecule has 0 aliphatic carbocycles. The van der Waals surface area contributed by atoms with Crippen molar-refractivity contribution in [1.29, 1.82) is 0 Å². The van der Waals surface area contributed by atoms with E-state index >= 15 is 0 Å². The van der Waals surface area contributed by atoms with Gasteiger partial charge in [-0.3, -0.25) is 4.98 Å². The van der Waals surface area contributed by atoms with Crippen molar-refractivity contribution >= 4 is 15.9 Å². The van der Waals surface area contributed by atoms with Crippen LogP contribution in [-0.4, -0.2) is 9.97 Å². The smallest absolute Gasteiger partial charge is 0.255 e. The van der Waals surface area contributed by atoms with Crippen molar-refractivity contribution in [3.05, 3.63) is 52.5 Å². The van der Waals surface area contributed by atoms with Crippen LogP contribution < -0.4 is 4.74 Å². The predicted octanol–water partition coefficient (Wildman–Crippen LogP) is 3.10. The molecule has 0 aliphatic heterocycles. The molecule has 0 saturated carbocycles. The fourth-order valence-corrected chi connectivity index (χ4v) is 1.51. The van der Waals surface area contributed by atoms with Gasteiger partial charge in [-0.05, 0) is 22.0 Å². The number of rotatable bonds is 3. The Morgan fingerprint density at radius 1 is 1.18 bits per heavy atom. The van der Waals surface area contributed by atoms with Crippen LogP contribution in [0, 0.1) is 11.8 Å². The number of nitrogens with zero attached hydrogens (tertiary/aromatic N) is 2. The zero-order valence-corrected chi connectivity index (χ0v) is 10.1. The summed E-state index contributed by atoms with van der Waals surface area (Å²) in [5.41, 5.74) is 0.518. The third-order valence-corrected chi connectivity index (χ3v) is 2.36. The highest BCUT2D eigenvalue weighted by atomic mass is 79.9. The lowest BCUT2D eigenvalue weighted by molar-refractivity contribution is 0.284. The van der Waals surface area contributed by atoms with E-state index in [0.717, 1.165) is 6.20 Å². The zero-order valence-electron chi connectivity index (χ0n) is 8.53. The first-order valence-electron chi connectivity index (χ1n) is 4.68. The minimum atomic E-state index is -0.711. The summed E-state index contributed by atoms with van der Waals surface area (Å²) in [6.07, 6.45) is 3.86. The van der Waals surface area contributed by atoms with Crippen LogP contribution in [0.25, 0.3) is 0 Å². The summed E-state index contributed by atoms with van der Waals surface area (Å²) in [6, 6.07) is 2.73. The molecule has 0 unspecified atom stereocenters. The standard InChI is InChI=1S/C11H7BrF2N2O/c12-8-2-10(11(14)16-4-8)17-6-7-1-9(13)5-15-3-7/h1-5H,6H2. The maximum atomic E-state index is 13.2. The molecule has 0 fully saturated rings. The molecule has 2 aromatic heterocycles. The van der Waals surface area contributed by atoms with Crippen molar-refractivity contribution < 1.29 is 13.5 Å². The Balaban J connectivity index is 2.09. The molecule has 0 N–H and O–H groups in total. The van der Waals surface area contributed by atoms with Crippen molar-refractivity contribution in [3.63, 3.8) is 0 Å². The molecule has 0 saturated heterocycles. The Morgan fingerprint density at radius 2 is 2.00 bits per heavy atom. The summed E-state index contributed by atoms with van der Waals surface area (Å²) >= 11 is 3.15. The number of hydrogen-bond donors (Lipinski definition) is 0. The molecule has 0 aliphatic rings. The number of ether oxygens (including phenoxy) is 1. The highest BCUT2D eigenvalue weighted by Crippen LogP contribution is 2.20. The van der Waals surface area contributed by atoms with Gasteiger partial charge in [0.2, 0.25) is 0 Å². The van der Waals surface area contributed by atoms with Crippen LogP contribution in [-0.2, 0) is 6.61 Å². The van der Waals surface area contributed by atoms with E-state index in [2.05, 4.69) is 25.9 Å². The molecule has 0 bridgehead atoms. The molecule has 2 rings (SSSR count). The highest BCUT2D eigenvalue weighted by molar-refractivity contribution is 9.10. The number of halogens is 3. The number of hydrogen-bond acceptors (Lipinski definition) is 3. The maximum absolute atomic E-state index is 13.2. The normalized spacial score (nSPS) is 10.3. The summed E-state index contributed by atoms with van der Waals surface area (Å²) in [7, 11) is 0. The SMILES string of the molecule is Fc1cncc(COc2cc(Br)cnc2F)c1. The van der Waals surface area contributed by atoms with Crippen molar-refractivity contribution in [2.24, 2.45) is 0 Å². The molecular formula is C11H7BrF2N2O. The average molecular weight is 301 g/mol. The molecule has 88 valence electrons. The third kappa shape index (κ3) is 3.20. The van der Waals surface area contributed by atoms with Crippen LogP contribution in [0.2, 0.25) is 0 Å². The molecule has 17 heavy (non-hydrogen) atoms. The van der Waals surface area contributed by atoms with Crippen LogP contribution in [0.5, 0.6) is 5.75 Å². The van der Waals surface area contributed by atoms with Crippen molar-refractivity contribution in [1.82, 2.24) is 9.97 Å². The van der Waals surface area contributed by atoms with E-state index in [1.165, 1.54) is 24.5 Å². The third-order valence-electron chi connectivity index (χ3n) is 1.93. The van der Waals surface area contributed by atoms with Gasteiger partial charge in [-0.2, -0.15) is 4.39 Å². The first-order valence-corrected chi connectivity index (χ1v) is 5.48. The Bertz CT molecular complexity index is 537. The van der Waals surface area contributed by atoms with Crippen LogP contribution in [0.4, 0.5) is 8.78 Å². The van der Waals surface area contributed by atoms with Gasteiger partial charge in [0, 0.05) is 28.5 Å². The molecule has 6 heteroatoms. The van der Waals surface area contributed by atoms with Crippen LogP contribution >= 0.6 is 15.9 Å². The van der Waals surface area contributed by atoms with Gasteiger partial charge in [0.05, 0.1) is 6.20 Å². The molecule has 0 atom stereocenters. The Hall–Kier alpha value is -1.56. The van der Waals surface area contributed by atoms with Gasteiger partial charge in [0.25, 0.3) is 5.95 Å². The number of pyridine rings is 2. The first-order chi connectivity index (χ1) is 8.15. The molecule has 0 radical (unpaired) electrons. The van der Waals surface area contributed by atoms with E-state index < -0.39 is 11.8 Å². The van der Waals surface area contributed by atoms with E-state index in [1.807, 2.05) is 0 Å². The minimum Gasteiger partial charge on any atom is -0.484 e. The molecule has 2 heterocycles. The molecule has 2 aromatic rings. The number of aromatic nitrogens is 2. The van der Waals surface area contributed by atoms with Crippen molar-refractivity contribution in [3.8, 4) is 5.75 Å². The van der Waals surface area contributed by atoms with Crippen molar-refractivity contribution in [2.45, 2.75) is 6.61 Å². The topological polar surface area (TPSA) is 35.0 Å². The van der Waals surface area contributed by atoms with Gasteiger partial charge in [0.15, 0.2) is 5.75 Å². The first kappa shape index (κ1) is 11.9. The summed E-state index contributed by atoms with van der Waals surface area (Å²) in [5, 5.41) is 0. The van der Waals surface area contributed by atoms with Crippen molar-refractivity contribution in [2.75, 3.05) is 0 Å². The minimum absolute atomic E-state index is 0.00337. The molecule has 0 spiro atoms. The zero-order chi connectivity index (χ0) is 12.3.